The highest BCUT2D eigenvalue weighted by Gasteiger charge is 2.38. The number of carbonyl (C=O) groups excluding carboxylic acids is 1. The van der Waals surface area contributed by atoms with Gasteiger partial charge < -0.3 is 5.32 Å². The summed E-state index contributed by atoms with van der Waals surface area (Å²) in [6.45, 7) is 2.83. The van der Waals surface area contributed by atoms with Crippen molar-refractivity contribution in [1.82, 2.24) is 5.32 Å². The highest BCUT2D eigenvalue weighted by atomic mass is 32.2. The smallest absolute Gasteiger partial charge is 0.153 e. The van der Waals surface area contributed by atoms with E-state index < -0.39 is 15.4 Å². The van der Waals surface area contributed by atoms with Crippen molar-refractivity contribution >= 4 is 15.6 Å². The highest BCUT2D eigenvalue weighted by Crippen LogP contribution is 2.25. The van der Waals surface area contributed by atoms with E-state index >= 15 is 0 Å². The van der Waals surface area contributed by atoms with Gasteiger partial charge in [0.15, 0.2) is 5.78 Å². The van der Waals surface area contributed by atoms with Gasteiger partial charge in [0, 0.05) is 12.7 Å². The zero-order valence-corrected chi connectivity index (χ0v) is 10.2. The predicted octanol–water partition coefficient (Wildman–Crippen LogP) is 0.522. The van der Waals surface area contributed by atoms with Crippen LogP contribution >= 0.6 is 0 Å². The second-order valence-corrected chi connectivity index (χ2v) is 6.53. The molecule has 0 bridgehead atoms. The third-order valence-electron chi connectivity index (χ3n) is 3.08. The Morgan fingerprint density at radius 1 is 1.47 bits per heavy atom. The Kier molecular flexibility index (Phi) is 3.89. The molecular weight excluding hydrogens is 214 g/mol. The Morgan fingerprint density at radius 2 is 2.13 bits per heavy atom. The van der Waals surface area contributed by atoms with Gasteiger partial charge in [-0.3, -0.25) is 4.79 Å². The van der Waals surface area contributed by atoms with Crippen molar-refractivity contribution in [2.75, 3.05) is 18.6 Å². The van der Waals surface area contributed by atoms with Gasteiger partial charge in [0.2, 0.25) is 0 Å². The lowest BCUT2D eigenvalue weighted by Gasteiger charge is -2.26. The SMILES string of the molecule is CCC1(C(=O)CCS(C)(=O)=O)CCCN1. The van der Waals surface area contributed by atoms with E-state index in [9.17, 15) is 13.2 Å². The van der Waals surface area contributed by atoms with E-state index in [2.05, 4.69) is 5.32 Å². The number of ketones is 1. The monoisotopic (exact) mass is 233 g/mol. The van der Waals surface area contributed by atoms with Crippen molar-refractivity contribution in [3.05, 3.63) is 0 Å². The topological polar surface area (TPSA) is 63.2 Å². The van der Waals surface area contributed by atoms with Gasteiger partial charge in [-0.2, -0.15) is 0 Å². The predicted molar refractivity (Wildman–Crippen MR) is 59.6 cm³/mol. The summed E-state index contributed by atoms with van der Waals surface area (Å²) in [6, 6.07) is 0. The number of rotatable bonds is 5. The van der Waals surface area contributed by atoms with Crippen LogP contribution in [0.15, 0.2) is 0 Å². The molecule has 0 aromatic heterocycles. The van der Waals surface area contributed by atoms with Crippen molar-refractivity contribution < 1.29 is 13.2 Å². The zero-order valence-electron chi connectivity index (χ0n) is 9.38. The number of Topliss-reactive ketones (excluding diaryl/α,β-unsaturated/α-hetero) is 1. The molecule has 15 heavy (non-hydrogen) atoms. The maximum atomic E-state index is 11.9. The summed E-state index contributed by atoms with van der Waals surface area (Å²) >= 11 is 0. The second-order valence-electron chi connectivity index (χ2n) is 4.27. The normalized spacial score (nSPS) is 26.8. The molecule has 1 N–H and O–H groups in total. The molecule has 0 aromatic carbocycles. The number of sulfone groups is 1. The molecule has 0 aliphatic carbocycles. The Morgan fingerprint density at radius 3 is 2.53 bits per heavy atom. The van der Waals surface area contributed by atoms with Crippen molar-refractivity contribution in [3.63, 3.8) is 0 Å². The average Bonchev–Trinajstić information content (AvgIpc) is 2.62. The van der Waals surface area contributed by atoms with Crippen molar-refractivity contribution in [2.45, 2.75) is 38.1 Å². The van der Waals surface area contributed by atoms with Crippen LogP contribution in [0.5, 0.6) is 0 Å². The van der Waals surface area contributed by atoms with Crippen LogP contribution in [0.3, 0.4) is 0 Å². The molecule has 1 saturated heterocycles. The summed E-state index contributed by atoms with van der Waals surface area (Å²) in [6.07, 6.45) is 3.89. The van der Waals surface area contributed by atoms with E-state index in [4.69, 9.17) is 0 Å². The van der Waals surface area contributed by atoms with Crippen LogP contribution in [0.25, 0.3) is 0 Å². The lowest BCUT2D eigenvalue weighted by molar-refractivity contribution is -0.124. The van der Waals surface area contributed by atoms with E-state index in [0.717, 1.165) is 25.8 Å². The molecule has 1 fully saturated rings. The zero-order chi connectivity index (χ0) is 11.5. The summed E-state index contributed by atoms with van der Waals surface area (Å²) in [5.41, 5.74) is -0.440. The first kappa shape index (κ1) is 12.6. The first-order valence-electron chi connectivity index (χ1n) is 5.36. The van der Waals surface area contributed by atoms with Crippen molar-refractivity contribution in [1.29, 1.82) is 0 Å². The third-order valence-corrected chi connectivity index (χ3v) is 4.03. The van der Waals surface area contributed by atoms with Crippen LogP contribution < -0.4 is 5.32 Å². The molecule has 5 heteroatoms. The van der Waals surface area contributed by atoms with Crippen LogP contribution in [0.2, 0.25) is 0 Å². The molecule has 4 nitrogen and oxygen atoms in total. The number of hydrogen-bond donors (Lipinski definition) is 1. The lowest BCUT2D eigenvalue weighted by Crippen LogP contribution is -2.47. The van der Waals surface area contributed by atoms with E-state index in [1.165, 1.54) is 6.26 Å². The quantitative estimate of drug-likeness (QED) is 0.752. The van der Waals surface area contributed by atoms with Crippen molar-refractivity contribution in [3.8, 4) is 0 Å². The molecule has 1 rings (SSSR count). The molecule has 0 saturated carbocycles. The van der Waals surface area contributed by atoms with E-state index in [1.54, 1.807) is 0 Å². The largest absolute Gasteiger partial charge is 0.305 e. The minimum atomic E-state index is -3.03. The standard InChI is InChI=1S/C10H19NO3S/c1-3-10(6-4-7-11-10)9(12)5-8-15(2,13)14/h11H,3-8H2,1-2H3. The Bertz CT molecular complexity index is 329. The number of nitrogens with one attached hydrogen (secondary N) is 1. The van der Waals surface area contributed by atoms with Gasteiger partial charge in [0.25, 0.3) is 0 Å². The van der Waals surface area contributed by atoms with Crippen LogP contribution in [-0.4, -0.2) is 38.3 Å². The number of carbonyl (C=O) groups is 1. The Labute approximate surface area is 91.4 Å². The van der Waals surface area contributed by atoms with Gasteiger partial charge in [0.1, 0.15) is 9.84 Å². The van der Waals surface area contributed by atoms with Crippen LogP contribution in [0.4, 0.5) is 0 Å². The number of hydrogen-bond acceptors (Lipinski definition) is 4. The molecule has 1 atom stereocenters. The van der Waals surface area contributed by atoms with Crippen LogP contribution in [0, 0.1) is 0 Å². The third kappa shape index (κ3) is 3.28. The fourth-order valence-electron chi connectivity index (χ4n) is 2.06. The molecular formula is C10H19NO3S. The minimum absolute atomic E-state index is 0.0325. The van der Waals surface area contributed by atoms with Gasteiger partial charge in [-0.25, -0.2) is 8.42 Å². The summed E-state index contributed by atoms with van der Waals surface area (Å²) in [4.78, 5) is 11.9. The van der Waals surface area contributed by atoms with Crippen LogP contribution in [0.1, 0.15) is 32.6 Å². The van der Waals surface area contributed by atoms with Gasteiger partial charge >= 0.3 is 0 Å². The summed E-state index contributed by atoms with van der Waals surface area (Å²) in [5.74, 6) is 0.0165. The lowest BCUT2D eigenvalue weighted by atomic mass is 9.88. The first-order chi connectivity index (χ1) is 6.90. The van der Waals surface area contributed by atoms with Crippen LogP contribution in [-0.2, 0) is 14.6 Å². The van der Waals surface area contributed by atoms with Crippen molar-refractivity contribution in [2.24, 2.45) is 0 Å². The molecule has 1 aliphatic heterocycles. The Hall–Kier alpha value is -0.420. The molecule has 1 heterocycles. The molecule has 88 valence electrons. The molecule has 1 aliphatic rings. The first-order valence-corrected chi connectivity index (χ1v) is 7.42. The maximum Gasteiger partial charge on any atom is 0.153 e. The highest BCUT2D eigenvalue weighted by molar-refractivity contribution is 7.90. The molecule has 0 radical (unpaired) electrons. The average molecular weight is 233 g/mol. The fourth-order valence-corrected chi connectivity index (χ4v) is 2.62. The summed E-state index contributed by atoms with van der Waals surface area (Å²) in [7, 11) is -3.03. The van der Waals surface area contributed by atoms with Gasteiger partial charge in [-0.15, -0.1) is 0 Å². The van der Waals surface area contributed by atoms with E-state index in [-0.39, 0.29) is 18.0 Å². The van der Waals surface area contributed by atoms with E-state index in [0.29, 0.717) is 0 Å². The summed E-state index contributed by atoms with van der Waals surface area (Å²) < 4.78 is 21.9. The molecule has 0 spiro atoms. The van der Waals surface area contributed by atoms with E-state index in [1.807, 2.05) is 6.92 Å². The second kappa shape index (κ2) is 4.61. The Balaban J connectivity index is 2.59. The van der Waals surface area contributed by atoms with Gasteiger partial charge in [-0.1, -0.05) is 6.92 Å². The molecule has 1 unspecified atom stereocenters. The molecule has 0 aromatic rings. The summed E-state index contributed by atoms with van der Waals surface area (Å²) in [5, 5.41) is 3.21. The molecule has 0 amide bonds. The fraction of sp³-hybridized carbons (Fsp3) is 0.900. The van der Waals surface area contributed by atoms with Gasteiger partial charge in [-0.05, 0) is 25.8 Å². The minimum Gasteiger partial charge on any atom is -0.305 e. The maximum absolute atomic E-state index is 11.9. The van der Waals surface area contributed by atoms with Gasteiger partial charge in [0.05, 0.1) is 11.3 Å².